The molecule has 1 spiro atoms. The van der Waals surface area contributed by atoms with Crippen LogP contribution in [-0.2, 0) is 14.3 Å². The van der Waals surface area contributed by atoms with Crippen molar-refractivity contribution >= 4 is 5.91 Å². The second-order valence-corrected chi connectivity index (χ2v) is 5.49. The maximum atomic E-state index is 11.4. The Labute approximate surface area is 115 Å². The number of carbonyl (C=O) groups is 1. The molecule has 2 aliphatic rings. The fraction of sp³-hybridized carbons (Fsp3) is 0.929. The highest BCUT2D eigenvalue weighted by atomic mass is 16.5. The summed E-state index contributed by atoms with van der Waals surface area (Å²) in [6, 6.07) is 0.473. The van der Waals surface area contributed by atoms with Gasteiger partial charge in [0.15, 0.2) is 0 Å². The Kier molecular flexibility index (Phi) is 5.60. The summed E-state index contributed by atoms with van der Waals surface area (Å²) in [6.07, 6.45) is 4.65. The number of carbonyl (C=O) groups excluding carboxylic acids is 1. The van der Waals surface area contributed by atoms with Crippen LogP contribution >= 0.6 is 0 Å². The van der Waals surface area contributed by atoms with Gasteiger partial charge in [-0.1, -0.05) is 0 Å². The fourth-order valence-electron chi connectivity index (χ4n) is 2.97. The van der Waals surface area contributed by atoms with Crippen LogP contribution in [0.15, 0.2) is 0 Å². The molecular formula is C14H26N2O3. The second-order valence-electron chi connectivity index (χ2n) is 5.49. The Morgan fingerprint density at radius 1 is 1.32 bits per heavy atom. The molecule has 0 aromatic heterocycles. The lowest BCUT2D eigenvalue weighted by molar-refractivity contribution is -0.140. The van der Waals surface area contributed by atoms with Gasteiger partial charge in [0.2, 0.25) is 5.91 Å². The first-order chi connectivity index (χ1) is 9.24. The molecule has 2 fully saturated rings. The van der Waals surface area contributed by atoms with Crippen molar-refractivity contribution in [3.63, 3.8) is 0 Å². The molecule has 1 unspecified atom stereocenters. The molecule has 2 rings (SSSR count). The van der Waals surface area contributed by atoms with Crippen LogP contribution in [0.25, 0.3) is 0 Å². The number of rotatable bonds is 5. The van der Waals surface area contributed by atoms with Crippen LogP contribution in [0.2, 0.25) is 0 Å². The van der Waals surface area contributed by atoms with Crippen molar-refractivity contribution < 1.29 is 14.3 Å². The summed E-state index contributed by atoms with van der Waals surface area (Å²) in [5, 5.41) is 6.32. The third kappa shape index (κ3) is 4.44. The molecule has 5 nitrogen and oxygen atoms in total. The van der Waals surface area contributed by atoms with E-state index in [0.717, 1.165) is 52.0 Å². The van der Waals surface area contributed by atoms with Crippen molar-refractivity contribution in [3.05, 3.63) is 0 Å². The third-order valence-electron chi connectivity index (χ3n) is 4.06. The first-order valence-electron chi connectivity index (χ1n) is 7.46. The molecule has 2 saturated heterocycles. The van der Waals surface area contributed by atoms with Crippen LogP contribution < -0.4 is 10.6 Å². The quantitative estimate of drug-likeness (QED) is 0.777. The van der Waals surface area contributed by atoms with E-state index in [1.165, 1.54) is 0 Å². The molecule has 110 valence electrons. The van der Waals surface area contributed by atoms with Gasteiger partial charge in [0.05, 0.1) is 5.60 Å². The molecule has 0 aromatic carbocycles. The fourth-order valence-corrected chi connectivity index (χ4v) is 2.97. The highest BCUT2D eigenvalue weighted by Gasteiger charge is 2.38. The Morgan fingerprint density at radius 3 is 2.84 bits per heavy atom. The summed E-state index contributed by atoms with van der Waals surface area (Å²) in [7, 11) is 0. The summed E-state index contributed by atoms with van der Waals surface area (Å²) in [6.45, 7) is 5.84. The van der Waals surface area contributed by atoms with E-state index in [1.807, 2.05) is 6.92 Å². The van der Waals surface area contributed by atoms with Crippen molar-refractivity contribution in [2.75, 3.05) is 32.9 Å². The van der Waals surface area contributed by atoms with Crippen LogP contribution in [0.4, 0.5) is 0 Å². The molecule has 2 aliphatic heterocycles. The largest absolute Gasteiger partial charge is 0.381 e. The minimum Gasteiger partial charge on any atom is -0.381 e. The predicted octanol–water partition coefficient (Wildman–Crippen LogP) is 0.830. The van der Waals surface area contributed by atoms with E-state index in [-0.39, 0.29) is 11.5 Å². The Hall–Kier alpha value is -0.650. The van der Waals surface area contributed by atoms with Gasteiger partial charge < -0.3 is 20.1 Å². The molecule has 5 heteroatoms. The topological polar surface area (TPSA) is 59.6 Å². The molecule has 0 aromatic rings. The van der Waals surface area contributed by atoms with Crippen molar-refractivity contribution in [2.24, 2.45) is 0 Å². The SMILES string of the molecule is CCNC(=O)CCNC1CCOC2(CCOCC2)C1. The van der Waals surface area contributed by atoms with Crippen molar-refractivity contribution in [2.45, 2.75) is 50.7 Å². The zero-order valence-electron chi connectivity index (χ0n) is 11.9. The van der Waals surface area contributed by atoms with Gasteiger partial charge in [0.1, 0.15) is 0 Å². The van der Waals surface area contributed by atoms with E-state index in [0.29, 0.717) is 19.0 Å². The van der Waals surface area contributed by atoms with Crippen LogP contribution in [-0.4, -0.2) is 50.5 Å². The molecule has 0 aliphatic carbocycles. The zero-order valence-corrected chi connectivity index (χ0v) is 11.9. The Balaban J connectivity index is 1.70. The second kappa shape index (κ2) is 7.22. The van der Waals surface area contributed by atoms with Gasteiger partial charge in [-0.2, -0.15) is 0 Å². The van der Waals surface area contributed by atoms with Gasteiger partial charge >= 0.3 is 0 Å². The summed E-state index contributed by atoms with van der Waals surface area (Å²) in [5.74, 6) is 0.128. The number of hydrogen-bond donors (Lipinski definition) is 2. The van der Waals surface area contributed by atoms with Crippen LogP contribution in [0, 0.1) is 0 Å². The first-order valence-corrected chi connectivity index (χ1v) is 7.46. The number of ether oxygens (including phenoxy) is 2. The molecule has 0 bridgehead atoms. The molecule has 19 heavy (non-hydrogen) atoms. The molecule has 2 N–H and O–H groups in total. The first kappa shape index (κ1) is 14.8. The minimum absolute atomic E-state index is 0.0276. The van der Waals surface area contributed by atoms with Crippen molar-refractivity contribution in [3.8, 4) is 0 Å². The summed E-state index contributed by atoms with van der Waals surface area (Å²) in [5.41, 5.74) is 0.0276. The van der Waals surface area contributed by atoms with Gasteiger partial charge in [0.25, 0.3) is 0 Å². The Bertz CT molecular complexity index is 285. The van der Waals surface area contributed by atoms with Gasteiger partial charge in [-0.25, -0.2) is 0 Å². The highest BCUT2D eigenvalue weighted by molar-refractivity contribution is 5.75. The molecule has 1 atom stereocenters. The van der Waals surface area contributed by atoms with Crippen LogP contribution in [0.5, 0.6) is 0 Å². The highest BCUT2D eigenvalue weighted by Crippen LogP contribution is 2.34. The van der Waals surface area contributed by atoms with Crippen LogP contribution in [0.1, 0.15) is 39.0 Å². The predicted molar refractivity (Wildman–Crippen MR) is 73.1 cm³/mol. The molecule has 0 saturated carbocycles. The monoisotopic (exact) mass is 270 g/mol. The maximum Gasteiger partial charge on any atom is 0.221 e. The van der Waals surface area contributed by atoms with E-state index in [1.54, 1.807) is 0 Å². The smallest absolute Gasteiger partial charge is 0.221 e. The molecular weight excluding hydrogens is 244 g/mol. The Morgan fingerprint density at radius 2 is 2.11 bits per heavy atom. The van der Waals surface area contributed by atoms with Gasteiger partial charge in [-0.15, -0.1) is 0 Å². The average molecular weight is 270 g/mol. The average Bonchev–Trinajstić information content (AvgIpc) is 2.40. The molecule has 1 amide bonds. The lowest BCUT2D eigenvalue weighted by Crippen LogP contribution is -2.50. The van der Waals surface area contributed by atoms with Crippen molar-refractivity contribution in [1.29, 1.82) is 0 Å². The molecule has 0 radical (unpaired) electrons. The van der Waals surface area contributed by atoms with Gasteiger partial charge in [-0.05, 0) is 32.6 Å². The number of nitrogens with one attached hydrogen (secondary N) is 2. The lowest BCUT2D eigenvalue weighted by atomic mass is 9.84. The third-order valence-corrected chi connectivity index (χ3v) is 4.06. The summed E-state index contributed by atoms with van der Waals surface area (Å²) >= 11 is 0. The summed E-state index contributed by atoms with van der Waals surface area (Å²) < 4.78 is 11.4. The molecule has 2 heterocycles. The van der Waals surface area contributed by atoms with E-state index in [4.69, 9.17) is 9.47 Å². The van der Waals surface area contributed by atoms with Gasteiger partial charge in [0, 0.05) is 45.4 Å². The normalized spacial score (nSPS) is 26.3. The summed E-state index contributed by atoms with van der Waals surface area (Å²) in [4.78, 5) is 11.4. The van der Waals surface area contributed by atoms with Gasteiger partial charge in [-0.3, -0.25) is 4.79 Å². The van der Waals surface area contributed by atoms with Crippen molar-refractivity contribution in [1.82, 2.24) is 10.6 Å². The number of amides is 1. The number of hydrogen-bond acceptors (Lipinski definition) is 4. The standard InChI is InChI=1S/C14H26N2O3/c1-2-15-13(17)3-7-16-12-4-8-19-14(11-12)5-9-18-10-6-14/h12,16H,2-11H2,1H3,(H,15,17). The van der Waals surface area contributed by atoms with E-state index < -0.39 is 0 Å². The minimum atomic E-state index is 0.0276. The van der Waals surface area contributed by atoms with Crippen LogP contribution in [0.3, 0.4) is 0 Å². The zero-order chi connectivity index (χ0) is 13.6. The van der Waals surface area contributed by atoms with E-state index in [9.17, 15) is 4.79 Å². The van der Waals surface area contributed by atoms with E-state index >= 15 is 0 Å². The lowest BCUT2D eigenvalue weighted by Gasteiger charge is -2.43. The van der Waals surface area contributed by atoms with E-state index in [2.05, 4.69) is 10.6 Å². The maximum absolute atomic E-state index is 11.4.